The van der Waals surface area contributed by atoms with Crippen LogP contribution in [0.1, 0.15) is 23.0 Å². The molecule has 0 radical (unpaired) electrons. The number of carbonyl (C=O) groups excluding carboxylic acids is 2. The Morgan fingerprint density at radius 1 is 1.00 bits per heavy atom. The number of aliphatic hydroxyl groups excluding tert-OH is 1. The van der Waals surface area contributed by atoms with Crippen molar-refractivity contribution in [3.8, 4) is 11.5 Å². The fraction of sp³-hybridized carbons (Fsp3) is 0.0714. The highest BCUT2D eigenvalue weighted by Crippen LogP contribution is 2.44. The number of para-hydroxylation sites is 1. The molecule has 182 valence electrons. The van der Waals surface area contributed by atoms with Gasteiger partial charge in [-0.25, -0.2) is 9.97 Å². The fourth-order valence-electron chi connectivity index (χ4n) is 4.58. The summed E-state index contributed by atoms with van der Waals surface area (Å²) in [5.74, 6) is -0.679. The van der Waals surface area contributed by atoms with E-state index in [1.807, 2.05) is 36.4 Å². The lowest BCUT2D eigenvalue weighted by molar-refractivity contribution is -0.132. The smallest absolute Gasteiger partial charge is 0.301 e. The van der Waals surface area contributed by atoms with Crippen LogP contribution in [0.2, 0.25) is 0 Å². The van der Waals surface area contributed by atoms with Crippen LogP contribution in [0.15, 0.2) is 96.1 Å². The molecule has 1 aliphatic rings. The topological polar surface area (TPSA) is 97.0 Å². The maximum Gasteiger partial charge on any atom is 0.301 e. The van der Waals surface area contributed by atoms with E-state index in [1.165, 1.54) is 16.2 Å². The van der Waals surface area contributed by atoms with Gasteiger partial charge in [-0.3, -0.25) is 18.9 Å². The molecule has 0 spiro atoms. The maximum atomic E-state index is 13.5. The zero-order chi connectivity index (χ0) is 25.5. The van der Waals surface area contributed by atoms with Crippen molar-refractivity contribution < 1.29 is 19.4 Å². The molecule has 0 aliphatic carbocycles. The number of aromatic nitrogens is 3. The molecule has 9 heteroatoms. The number of nitrogens with zero attached hydrogens (tertiary/aromatic N) is 4. The van der Waals surface area contributed by atoms with E-state index in [2.05, 4.69) is 9.97 Å². The van der Waals surface area contributed by atoms with E-state index in [9.17, 15) is 14.7 Å². The van der Waals surface area contributed by atoms with Crippen molar-refractivity contribution in [2.45, 2.75) is 13.0 Å². The van der Waals surface area contributed by atoms with Crippen molar-refractivity contribution in [2.75, 3.05) is 4.90 Å². The van der Waals surface area contributed by atoms with Gasteiger partial charge in [-0.2, -0.15) is 0 Å². The molecule has 0 bridgehead atoms. The number of ketones is 1. The van der Waals surface area contributed by atoms with Gasteiger partial charge < -0.3 is 9.84 Å². The molecule has 1 aliphatic heterocycles. The molecule has 0 saturated carbocycles. The molecule has 3 aromatic heterocycles. The van der Waals surface area contributed by atoms with E-state index >= 15 is 0 Å². The van der Waals surface area contributed by atoms with Gasteiger partial charge in [0.25, 0.3) is 5.78 Å². The number of imidazole rings is 1. The van der Waals surface area contributed by atoms with Crippen molar-refractivity contribution in [2.24, 2.45) is 0 Å². The second-order valence-electron chi connectivity index (χ2n) is 8.45. The minimum atomic E-state index is -0.917. The monoisotopic (exact) mass is 508 g/mol. The third-order valence-corrected chi connectivity index (χ3v) is 6.92. The van der Waals surface area contributed by atoms with E-state index in [0.29, 0.717) is 39.2 Å². The lowest BCUT2D eigenvalue weighted by Gasteiger charge is -2.23. The number of thiazole rings is 1. The van der Waals surface area contributed by atoms with Crippen molar-refractivity contribution in [3.05, 3.63) is 113 Å². The van der Waals surface area contributed by atoms with Crippen LogP contribution in [0, 0.1) is 6.92 Å². The van der Waals surface area contributed by atoms with Crippen LogP contribution < -0.4 is 9.64 Å². The second-order valence-corrected chi connectivity index (χ2v) is 9.32. The van der Waals surface area contributed by atoms with Crippen molar-refractivity contribution >= 4 is 39.6 Å². The summed E-state index contributed by atoms with van der Waals surface area (Å²) in [4.78, 5) is 36.9. The maximum absolute atomic E-state index is 13.5. The molecule has 1 fully saturated rings. The molecule has 4 heterocycles. The van der Waals surface area contributed by atoms with Crippen molar-refractivity contribution in [1.29, 1.82) is 0 Å². The van der Waals surface area contributed by atoms with Crippen LogP contribution in [0.5, 0.6) is 11.5 Å². The number of pyridine rings is 1. The highest BCUT2D eigenvalue weighted by molar-refractivity contribution is 7.14. The van der Waals surface area contributed by atoms with E-state index in [1.54, 1.807) is 65.5 Å². The number of rotatable bonds is 5. The molecule has 1 unspecified atom stereocenters. The van der Waals surface area contributed by atoms with Gasteiger partial charge in [0.05, 0.1) is 17.3 Å². The number of carbonyl (C=O) groups is 2. The SMILES string of the molecule is Cc1nc2ccccn2c1C(O)=C1C(=O)C(=O)N(c2nccs2)C1c1cccc(Oc2ccccc2)c1. The first-order valence-corrected chi connectivity index (χ1v) is 12.4. The molecule has 2 aromatic carbocycles. The van der Waals surface area contributed by atoms with Crippen LogP contribution in [0.4, 0.5) is 5.13 Å². The summed E-state index contributed by atoms with van der Waals surface area (Å²) in [5, 5.41) is 13.7. The summed E-state index contributed by atoms with van der Waals surface area (Å²) in [5.41, 5.74) is 2.06. The average Bonchev–Trinajstić information content (AvgIpc) is 3.61. The lowest BCUT2D eigenvalue weighted by atomic mass is 9.96. The van der Waals surface area contributed by atoms with Gasteiger partial charge in [0, 0.05) is 17.8 Å². The molecule has 6 rings (SSSR count). The fourth-order valence-corrected chi connectivity index (χ4v) is 5.25. The van der Waals surface area contributed by atoms with Crippen molar-refractivity contribution in [3.63, 3.8) is 0 Å². The molecule has 8 nitrogen and oxygen atoms in total. The van der Waals surface area contributed by atoms with Crippen LogP contribution in [-0.4, -0.2) is 31.2 Å². The number of aliphatic hydroxyl groups is 1. The minimum absolute atomic E-state index is 0.0363. The molecule has 1 saturated heterocycles. The van der Waals surface area contributed by atoms with Gasteiger partial charge in [0.2, 0.25) is 0 Å². The van der Waals surface area contributed by atoms with Gasteiger partial charge in [-0.05, 0) is 48.9 Å². The number of aryl methyl sites for hydroxylation is 1. The molecule has 1 N–H and O–H groups in total. The first-order valence-electron chi connectivity index (χ1n) is 11.5. The number of hydrogen-bond acceptors (Lipinski definition) is 7. The summed E-state index contributed by atoms with van der Waals surface area (Å²) in [6, 6.07) is 21.0. The number of fused-ring (bicyclic) bond motifs is 1. The summed E-state index contributed by atoms with van der Waals surface area (Å²) in [6.07, 6.45) is 3.32. The molecule has 1 amide bonds. The quantitative estimate of drug-likeness (QED) is 0.191. The summed E-state index contributed by atoms with van der Waals surface area (Å²) in [7, 11) is 0. The van der Waals surface area contributed by atoms with Gasteiger partial charge in [-0.1, -0.05) is 36.4 Å². The Morgan fingerprint density at radius 3 is 2.57 bits per heavy atom. The Morgan fingerprint density at radius 2 is 1.78 bits per heavy atom. The predicted octanol–water partition coefficient (Wildman–Crippen LogP) is 5.52. The van der Waals surface area contributed by atoms with E-state index in [-0.39, 0.29) is 11.3 Å². The highest BCUT2D eigenvalue weighted by Gasteiger charge is 2.48. The Labute approximate surface area is 215 Å². The number of anilines is 1. The predicted molar refractivity (Wildman–Crippen MR) is 140 cm³/mol. The number of amides is 1. The van der Waals surface area contributed by atoms with Gasteiger partial charge in [-0.15, -0.1) is 11.3 Å². The average molecular weight is 509 g/mol. The molecule has 5 aromatic rings. The number of ether oxygens (including phenoxy) is 1. The molecule has 37 heavy (non-hydrogen) atoms. The largest absolute Gasteiger partial charge is 0.505 e. The van der Waals surface area contributed by atoms with Crippen LogP contribution in [0.25, 0.3) is 11.4 Å². The molecule has 1 atom stereocenters. The molecular weight excluding hydrogens is 488 g/mol. The standard InChI is InChI=1S/C28H20N4O4S/c1-17-23(31-14-6-5-12-21(31)30-17)25(33)22-24(32(27(35)26(22)34)28-29-13-15-37-28)18-8-7-11-20(16-18)36-19-9-3-2-4-10-19/h2-16,24,33H,1H3. The number of hydrogen-bond donors (Lipinski definition) is 1. The van der Waals surface area contributed by atoms with E-state index < -0.39 is 17.7 Å². The van der Waals surface area contributed by atoms with Crippen LogP contribution >= 0.6 is 11.3 Å². The number of benzene rings is 2. The van der Waals surface area contributed by atoms with Crippen molar-refractivity contribution in [1.82, 2.24) is 14.4 Å². The first-order chi connectivity index (χ1) is 18.0. The summed E-state index contributed by atoms with van der Waals surface area (Å²) in [6.45, 7) is 1.75. The van der Waals surface area contributed by atoms with Gasteiger partial charge >= 0.3 is 5.91 Å². The third-order valence-electron chi connectivity index (χ3n) is 6.15. The van der Waals surface area contributed by atoms with Crippen LogP contribution in [0.3, 0.4) is 0 Å². The van der Waals surface area contributed by atoms with E-state index in [4.69, 9.17) is 4.74 Å². The Hall–Kier alpha value is -4.76. The highest BCUT2D eigenvalue weighted by atomic mass is 32.1. The zero-order valence-electron chi connectivity index (χ0n) is 19.6. The van der Waals surface area contributed by atoms with Gasteiger partial charge in [0.15, 0.2) is 10.9 Å². The second kappa shape index (κ2) is 9.03. The van der Waals surface area contributed by atoms with Gasteiger partial charge in [0.1, 0.15) is 22.8 Å². The minimum Gasteiger partial charge on any atom is -0.505 e. The molecular formula is C28H20N4O4S. The first kappa shape index (κ1) is 22.7. The lowest BCUT2D eigenvalue weighted by Crippen LogP contribution is -2.29. The zero-order valence-corrected chi connectivity index (χ0v) is 20.4. The summed E-state index contributed by atoms with van der Waals surface area (Å²) >= 11 is 1.24. The van der Waals surface area contributed by atoms with Crippen LogP contribution in [-0.2, 0) is 9.59 Å². The third kappa shape index (κ3) is 3.85. The Kier molecular flexibility index (Phi) is 5.54. The van der Waals surface area contributed by atoms with E-state index in [0.717, 1.165) is 0 Å². The Balaban J connectivity index is 1.54. The summed E-state index contributed by atoms with van der Waals surface area (Å²) < 4.78 is 7.71. The Bertz CT molecular complexity index is 1680. The number of Topliss-reactive ketones (excluding diaryl/α,β-unsaturated/α-hetero) is 1. The normalized spacial score (nSPS) is 17.0.